The number of amides is 2. The van der Waals surface area contributed by atoms with Gasteiger partial charge >= 0.3 is 6.03 Å². The second-order valence-electron chi connectivity index (χ2n) is 6.99. The molecule has 2 aromatic carbocycles. The topological polar surface area (TPSA) is 80.5 Å². The number of para-hydroxylation sites is 1. The summed E-state index contributed by atoms with van der Waals surface area (Å²) in [6.07, 6.45) is 2.60. The number of urea groups is 1. The SMILES string of the molecule is CCc1cccc(NC(=O)N2CCC[C@@H]2c2nc(-c3ccccc3OC)no2)c1. The quantitative estimate of drug-likeness (QED) is 0.682. The maximum Gasteiger partial charge on any atom is 0.322 e. The van der Waals surface area contributed by atoms with Crippen LogP contribution < -0.4 is 10.1 Å². The van der Waals surface area contributed by atoms with E-state index in [1.165, 1.54) is 5.56 Å². The van der Waals surface area contributed by atoms with Crippen LogP contribution in [0.1, 0.15) is 37.3 Å². The zero-order valence-corrected chi connectivity index (χ0v) is 16.6. The van der Waals surface area contributed by atoms with Gasteiger partial charge in [-0.25, -0.2) is 4.79 Å². The number of anilines is 1. The van der Waals surface area contributed by atoms with Gasteiger partial charge in [0.25, 0.3) is 0 Å². The summed E-state index contributed by atoms with van der Waals surface area (Å²) < 4.78 is 10.9. The van der Waals surface area contributed by atoms with E-state index in [-0.39, 0.29) is 12.1 Å². The van der Waals surface area contributed by atoms with Crippen molar-refractivity contribution in [1.82, 2.24) is 15.0 Å². The molecule has 1 N–H and O–H groups in total. The van der Waals surface area contributed by atoms with Crippen LogP contribution in [0.3, 0.4) is 0 Å². The number of aromatic nitrogens is 2. The third-order valence-electron chi connectivity index (χ3n) is 5.17. The van der Waals surface area contributed by atoms with Crippen LogP contribution in [0.2, 0.25) is 0 Å². The van der Waals surface area contributed by atoms with E-state index >= 15 is 0 Å². The molecule has 1 fully saturated rings. The summed E-state index contributed by atoms with van der Waals surface area (Å²) in [5, 5.41) is 7.11. The average molecular weight is 392 g/mol. The molecule has 0 radical (unpaired) electrons. The van der Waals surface area contributed by atoms with Crippen molar-refractivity contribution in [2.45, 2.75) is 32.2 Å². The lowest BCUT2D eigenvalue weighted by Gasteiger charge is -2.22. The minimum Gasteiger partial charge on any atom is -0.496 e. The zero-order chi connectivity index (χ0) is 20.2. The van der Waals surface area contributed by atoms with Crippen LogP contribution in [0.15, 0.2) is 53.1 Å². The number of ether oxygens (including phenoxy) is 1. The summed E-state index contributed by atoms with van der Waals surface area (Å²) in [6, 6.07) is 15.0. The normalized spacial score (nSPS) is 16.1. The highest BCUT2D eigenvalue weighted by Gasteiger charge is 2.34. The lowest BCUT2D eigenvalue weighted by molar-refractivity contribution is 0.193. The number of hydrogen-bond acceptors (Lipinski definition) is 5. The number of benzene rings is 2. The standard InChI is InChI=1S/C22H24N4O3/c1-3-15-8-6-9-16(14-15)23-22(27)26-13-7-11-18(26)21-24-20(25-29-21)17-10-4-5-12-19(17)28-2/h4-6,8-10,12,14,18H,3,7,11,13H2,1-2H3,(H,23,27)/t18-/m1/s1. The van der Waals surface area contributed by atoms with Gasteiger partial charge < -0.3 is 19.5 Å². The molecule has 0 bridgehead atoms. The van der Waals surface area contributed by atoms with Crippen LogP contribution in [0.4, 0.5) is 10.5 Å². The first-order valence-electron chi connectivity index (χ1n) is 9.83. The van der Waals surface area contributed by atoms with Crippen molar-refractivity contribution in [3.63, 3.8) is 0 Å². The number of carbonyl (C=O) groups excluding carboxylic acids is 1. The lowest BCUT2D eigenvalue weighted by atomic mass is 10.1. The highest BCUT2D eigenvalue weighted by atomic mass is 16.5. The molecular weight excluding hydrogens is 368 g/mol. The molecule has 0 unspecified atom stereocenters. The molecular formula is C22H24N4O3. The molecule has 0 saturated carbocycles. The Kier molecular flexibility index (Phi) is 5.46. The van der Waals surface area contributed by atoms with Gasteiger partial charge in [-0.3, -0.25) is 0 Å². The number of carbonyl (C=O) groups is 1. The molecule has 1 aliphatic heterocycles. The Morgan fingerprint density at radius 2 is 2.14 bits per heavy atom. The van der Waals surface area contributed by atoms with Crippen LogP contribution in [0.25, 0.3) is 11.4 Å². The van der Waals surface area contributed by atoms with Gasteiger partial charge in [0.1, 0.15) is 11.8 Å². The number of rotatable bonds is 5. The number of nitrogens with zero attached hydrogens (tertiary/aromatic N) is 3. The summed E-state index contributed by atoms with van der Waals surface area (Å²) >= 11 is 0. The molecule has 0 spiro atoms. The highest BCUT2D eigenvalue weighted by molar-refractivity contribution is 5.89. The van der Waals surface area contributed by atoms with Gasteiger partial charge in [-0.1, -0.05) is 36.3 Å². The molecule has 1 aromatic heterocycles. The van der Waals surface area contributed by atoms with Crippen molar-refractivity contribution >= 4 is 11.7 Å². The summed E-state index contributed by atoms with van der Waals surface area (Å²) in [5.41, 5.74) is 2.73. The first-order valence-corrected chi connectivity index (χ1v) is 9.83. The zero-order valence-electron chi connectivity index (χ0n) is 16.6. The number of nitrogens with one attached hydrogen (secondary N) is 1. The second kappa shape index (κ2) is 8.34. The van der Waals surface area contributed by atoms with Gasteiger partial charge in [-0.15, -0.1) is 0 Å². The van der Waals surface area contributed by atoms with E-state index in [9.17, 15) is 4.79 Å². The van der Waals surface area contributed by atoms with E-state index in [0.717, 1.165) is 30.5 Å². The van der Waals surface area contributed by atoms with Crippen LogP contribution in [-0.2, 0) is 6.42 Å². The van der Waals surface area contributed by atoms with E-state index in [2.05, 4.69) is 22.4 Å². The minimum atomic E-state index is -0.236. The van der Waals surface area contributed by atoms with Gasteiger partial charge in [-0.2, -0.15) is 4.98 Å². The van der Waals surface area contributed by atoms with Gasteiger partial charge in [0.2, 0.25) is 11.7 Å². The smallest absolute Gasteiger partial charge is 0.322 e. The second-order valence-corrected chi connectivity index (χ2v) is 6.99. The van der Waals surface area contributed by atoms with Crippen molar-refractivity contribution in [2.24, 2.45) is 0 Å². The number of aryl methyl sites for hydroxylation is 1. The fourth-order valence-corrected chi connectivity index (χ4v) is 3.64. The molecule has 29 heavy (non-hydrogen) atoms. The summed E-state index contributed by atoms with van der Waals surface area (Å²) in [7, 11) is 1.61. The van der Waals surface area contributed by atoms with Gasteiger partial charge in [0.15, 0.2) is 0 Å². The fraction of sp³-hybridized carbons (Fsp3) is 0.318. The van der Waals surface area contributed by atoms with Crippen molar-refractivity contribution in [3.05, 3.63) is 60.0 Å². The maximum absolute atomic E-state index is 12.9. The predicted octanol–water partition coefficient (Wildman–Crippen LogP) is 4.68. The third-order valence-corrected chi connectivity index (χ3v) is 5.17. The Morgan fingerprint density at radius 1 is 1.28 bits per heavy atom. The first kappa shape index (κ1) is 19.0. The van der Waals surface area contributed by atoms with E-state index in [4.69, 9.17) is 9.26 Å². The molecule has 1 aliphatic rings. The van der Waals surface area contributed by atoms with Crippen LogP contribution in [0.5, 0.6) is 5.75 Å². The molecule has 4 rings (SSSR count). The molecule has 0 aliphatic carbocycles. The first-order chi connectivity index (χ1) is 14.2. The maximum atomic E-state index is 12.9. The van der Waals surface area contributed by atoms with Crippen LogP contribution >= 0.6 is 0 Å². The summed E-state index contributed by atoms with van der Waals surface area (Å²) in [4.78, 5) is 19.2. The van der Waals surface area contributed by atoms with E-state index in [0.29, 0.717) is 24.0 Å². The summed E-state index contributed by atoms with van der Waals surface area (Å²) in [5.74, 6) is 1.58. The molecule has 3 aromatic rings. The van der Waals surface area contributed by atoms with Crippen molar-refractivity contribution < 1.29 is 14.1 Å². The number of methoxy groups -OCH3 is 1. The van der Waals surface area contributed by atoms with Gasteiger partial charge in [0, 0.05) is 12.2 Å². The van der Waals surface area contributed by atoms with E-state index < -0.39 is 0 Å². The highest BCUT2D eigenvalue weighted by Crippen LogP contribution is 2.34. The largest absolute Gasteiger partial charge is 0.496 e. The Bertz CT molecular complexity index is 1000. The minimum absolute atomic E-state index is 0.155. The van der Waals surface area contributed by atoms with E-state index in [1.807, 2.05) is 48.5 Å². The number of likely N-dealkylation sites (tertiary alicyclic amines) is 1. The lowest BCUT2D eigenvalue weighted by Crippen LogP contribution is -2.34. The summed E-state index contributed by atoms with van der Waals surface area (Å²) in [6.45, 7) is 2.74. The fourth-order valence-electron chi connectivity index (χ4n) is 3.64. The molecule has 7 nitrogen and oxygen atoms in total. The Labute approximate surface area is 169 Å². The van der Waals surface area contributed by atoms with Crippen molar-refractivity contribution in [1.29, 1.82) is 0 Å². The molecule has 150 valence electrons. The molecule has 2 amide bonds. The van der Waals surface area contributed by atoms with Crippen LogP contribution in [0, 0.1) is 0 Å². The van der Waals surface area contributed by atoms with Gasteiger partial charge in [0.05, 0.1) is 12.7 Å². The Morgan fingerprint density at radius 3 is 2.97 bits per heavy atom. The van der Waals surface area contributed by atoms with Crippen molar-refractivity contribution in [3.8, 4) is 17.1 Å². The predicted molar refractivity (Wildman–Crippen MR) is 110 cm³/mol. The van der Waals surface area contributed by atoms with Crippen LogP contribution in [-0.4, -0.2) is 34.7 Å². The molecule has 2 heterocycles. The van der Waals surface area contributed by atoms with Gasteiger partial charge in [-0.05, 0) is 49.1 Å². The monoisotopic (exact) mass is 392 g/mol. The Balaban J connectivity index is 1.53. The molecule has 1 atom stereocenters. The van der Waals surface area contributed by atoms with E-state index in [1.54, 1.807) is 12.0 Å². The molecule has 1 saturated heterocycles. The molecule has 7 heteroatoms. The average Bonchev–Trinajstić information content (AvgIpc) is 3.43. The number of hydrogen-bond donors (Lipinski definition) is 1. The Hall–Kier alpha value is -3.35. The third kappa shape index (κ3) is 3.94. The van der Waals surface area contributed by atoms with Crippen molar-refractivity contribution in [2.75, 3.05) is 19.0 Å².